The van der Waals surface area contributed by atoms with Gasteiger partial charge < -0.3 is 49.3 Å². The smallest absolute Gasteiger partial charge is 0.462 e. The van der Waals surface area contributed by atoms with Gasteiger partial charge in [-0.05, 0) is 64.2 Å². The van der Waals surface area contributed by atoms with Crippen molar-refractivity contribution in [2.24, 2.45) is 0 Å². The molecular weight excluding hydrogens is 874 g/mol. The predicted octanol–water partition coefficient (Wildman–Crippen LogP) is 7.94. The van der Waals surface area contributed by atoms with E-state index in [1.165, 1.54) is 57.8 Å². The molecule has 0 radical (unpaired) electrons. The maximum Gasteiger partial charge on any atom is 0.472 e. The van der Waals surface area contributed by atoms with Crippen LogP contribution in [0.5, 0.6) is 0 Å². The zero-order valence-electron chi connectivity index (χ0n) is 38.4. The molecule has 1 heterocycles. The molecule has 0 aromatic heterocycles. The van der Waals surface area contributed by atoms with Crippen molar-refractivity contribution in [1.82, 2.24) is 0 Å². The number of rotatable bonds is 39. The summed E-state index contributed by atoms with van der Waals surface area (Å²) in [5.41, 5.74) is 0. The molecule has 0 spiro atoms. The van der Waals surface area contributed by atoms with Crippen LogP contribution in [0.3, 0.4) is 0 Å². The van der Waals surface area contributed by atoms with Crippen LogP contribution >= 0.6 is 15.6 Å². The van der Waals surface area contributed by atoms with Gasteiger partial charge in [-0.25, -0.2) is 9.13 Å². The van der Waals surface area contributed by atoms with Gasteiger partial charge in [0.25, 0.3) is 0 Å². The van der Waals surface area contributed by atoms with Gasteiger partial charge in [0.1, 0.15) is 43.2 Å². The van der Waals surface area contributed by atoms with Gasteiger partial charge in [-0.15, -0.1) is 0 Å². The van der Waals surface area contributed by atoms with Gasteiger partial charge in [-0.1, -0.05) is 128 Å². The Morgan fingerprint density at radius 2 is 1.05 bits per heavy atom. The average molecular weight is 957 g/mol. The highest BCUT2D eigenvalue weighted by molar-refractivity contribution is 7.47. The molecule has 2 aliphatic rings. The topological polar surface area (TPSA) is 269 Å². The van der Waals surface area contributed by atoms with Gasteiger partial charge in [-0.2, -0.15) is 0 Å². The summed E-state index contributed by atoms with van der Waals surface area (Å²) in [6.45, 7) is 3.05. The van der Waals surface area contributed by atoms with Gasteiger partial charge in [0.15, 0.2) is 6.10 Å². The third kappa shape index (κ3) is 27.3. The molecule has 0 bridgehead atoms. The normalized spacial score (nSPS) is 25.1. The van der Waals surface area contributed by atoms with E-state index in [2.05, 4.69) is 42.7 Å². The second-order valence-electron chi connectivity index (χ2n) is 17.2. The Kier molecular flexibility index (Phi) is 31.0. The zero-order valence-corrected chi connectivity index (χ0v) is 40.2. The number of phosphoric ester groups is 2. The van der Waals surface area contributed by atoms with E-state index >= 15 is 0 Å². The molecule has 374 valence electrons. The molecule has 1 saturated heterocycles. The Morgan fingerprint density at radius 1 is 0.562 bits per heavy atom. The van der Waals surface area contributed by atoms with E-state index in [4.69, 9.17) is 23.3 Å². The molecule has 17 nitrogen and oxygen atoms in total. The maximum atomic E-state index is 13.0. The average Bonchev–Trinajstić information content (AvgIpc) is 4.01. The van der Waals surface area contributed by atoms with Crippen LogP contribution in [0.15, 0.2) is 24.3 Å². The first-order valence-electron chi connectivity index (χ1n) is 24.0. The Morgan fingerprint density at radius 3 is 1.64 bits per heavy atom. The minimum Gasteiger partial charge on any atom is -0.462 e. The molecule has 64 heavy (non-hydrogen) atoms. The molecule has 0 amide bonds. The van der Waals surface area contributed by atoms with Crippen molar-refractivity contribution in [3.63, 3.8) is 0 Å². The Bertz CT molecular complexity index is 1410. The van der Waals surface area contributed by atoms with Gasteiger partial charge >= 0.3 is 27.6 Å². The van der Waals surface area contributed by atoms with Crippen LogP contribution in [-0.4, -0.2) is 115 Å². The van der Waals surface area contributed by atoms with Gasteiger partial charge in [0.2, 0.25) is 0 Å². The Balaban J connectivity index is 1.80. The highest BCUT2D eigenvalue weighted by atomic mass is 31.2. The van der Waals surface area contributed by atoms with E-state index in [0.717, 1.165) is 83.5 Å². The van der Waals surface area contributed by atoms with E-state index < -0.39 is 83.5 Å². The molecule has 0 aromatic carbocycles. The third-order valence-electron chi connectivity index (χ3n) is 11.4. The van der Waals surface area contributed by atoms with Gasteiger partial charge in [-0.3, -0.25) is 23.2 Å². The first-order valence-corrected chi connectivity index (χ1v) is 27.0. The minimum atomic E-state index is -5.37. The van der Waals surface area contributed by atoms with Crippen LogP contribution in [0.2, 0.25) is 0 Å². The summed E-state index contributed by atoms with van der Waals surface area (Å²) in [6.07, 6.45) is 20.1. The number of hydrogen-bond donors (Lipinski definition) is 7. The van der Waals surface area contributed by atoms with Crippen LogP contribution in [0.4, 0.5) is 0 Å². The van der Waals surface area contributed by atoms with Crippen molar-refractivity contribution in [3.8, 4) is 0 Å². The molecule has 2 rings (SSSR count). The van der Waals surface area contributed by atoms with Crippen molar-refractivity contribution < 1.29 is 81.6 Å². The molecular formula is C45H82O17P2. The van der Waals surface area contributed by atoms with Crippen LogP contribution < -0.4 is 0 Å². The molecule has 7 unspecified atom stereocenters. The maximum absolute atomic E-state index is 13.0. The molecule has 1 aliphatic heterocycles. The third-order valence-corrected chi connectivity index (χ3v) is 12.9. The molecule has 10 atom stereocenters. The molecule has 19 heteroatoms. The summed E-state index contributed by atoms with van der Waals surface area (Å²) in [7, 11) is -10.7. The van der Waals surface area contributed by atoms with Crippen molar-refractivity contribution in [1.29, 1.82) is 0 Å². The van der Waals surface area contributed by atoms with Crippen molar-refractivity contribution in [3.05, 3.63) is 24.3 Å². The predicted molar refractivity (Wildman–Crippen MR) is 241 cm³/mol. The first kappa shape index (κ1) is 58.6. The quantitative estimate of drug-likeness (QED) is 0.0101. The molecule has 1 saturated carbocycles. The van der Waals surface area contributed by atoms with Crippen LogP contribution in [0.25, 0.3) is 0 Å². The van der Waals surface area contributed by atoms with E-state index in [9.17, 15) is 53.8 Å². The van der Waals surface area contributed by atoms with Crippen molar-refractivity contribution in [2.45, 2.75) is 236 Å². The number of aliphatic hydroxyl groups is 4. The number of ether oxygens (including phenoxy) is 3. The van der Waals surface area contributed by atoms with Crippen molar-refractivity contribution >= 4 is 27.6 Å². The van der Waals surface area contributed by atoms with E-state index in [1.54, 1.807) is 0 Å². The number of allylic oxidation sites excluding steroid dienone is 3. The lowest BCUT2D eigenvalue weighted by molar-refractivity contribution is -0.216. The monoisotopic (exact) mass is 957 g/mol. The largest absolute Gasteiger partial charge is 0.472 e. The highest BCUT2D eigenvalue weighted by Crippen LogP contribution is 2.49. The summed E-state index contributed by atoms with van der Waals surface area (Å²) >= 11 is 0. The molecule has 2 fully saturated rings. The first-order chi connectivity index (χ1) is 30.6. The number of unbranched alkanes of at least 4 members (excludes halogenated alkanes) is 18. The number of phosphoric acid groups is 2. The molecule has 7 N–H and O–H groups in total. The SMILES string of the molecule is CCCCC/C=C\CC1OC1CCCCCCCC(=O)OC[C@H](COP(=O)(O)O[C@H]1C(O)C(O)C(O)[C@@H](OP(=O)(O)O)C1O)OC(=O)CCCCCCC/C=C\CCCCCCCC. The van der Waals surface area contributed by atoms with Crippen LogP contribution in [0.1, 0.15) is 181 Å². The van der Waals surface area contributed by atoms with Crippen molar-refractivity contribution in [2.75, 3.05) is 13.2 Å². The summed E-state index contributed by atoms with van der Waals surface area (Å²) in [6, 6.07) is 0. The lowest BCUT2D eigenvalue weighted by Crippen LogP contribution is -2.64. The highest BCUT2D eigenvalue weighted by Gasteiger charge is 2.54. The Labute approximate surface area is 381 Å². The number of carbonyl (C=O) groups is 2. The van der Waals surface area contributed by atoms with Crippen LogP contribution in [0, 0.1) is 0 Å². The summed E-state index contributed by atoms with van der Waals surface area (Å²) in [5.74, 6) is -1.23. The zero-order chi connectivity index (χ0) is 47.2. The van der Waals surface area contributed by atoms with Crippen LogP contribution in [-0.2, 0) is 46.5 Å². The summed E-state index contributed by atoms with van der Waals surface area (Å²) in [4.78, 5) is 54.3. The Hall–Kier alpha value is -1.56. The number of carbonyl (C=O) groups excluding carboxylic acids is 2. The van der Waals surface area contributed by atoms with E-state index in [0.29, 0.717) is 25.0 Å². The fourth-order valence-corrected chi connectivity index (χ4v) is 9.10. The molecule has 1 aliphatic carbocycles. The fourth-order valence-electron chi connectivity index (χ4n) is 7.56. The molecule has 0 aromatic rings. The number of aliphatic hydroxyl groups excluding tert-OH is 4. The standard InChI is InChI=1S/C45H82O17P2/c1-3-5-7-9-11-12-13-14-15-16-17-18-19-23-28-32-39(47)59-35(34-58-64(55,56)62-45-42(50)40(48)41(49)44(43(45)51)61-63(52,53)54)33-57-38(46)31-27-24-20-22-26-30-37-36(60-37)29-25-21-10-8-6-4-2/h14-15,21,25,35-37,40-45,48-51H,3-13,16-20,22-24,26-34H2,1-2H3,(H,55,56)(H2,52,53,54)/b15-14-,25-21-/t35-,36?,37?,40?,41?,42?,43?,44-,45+/m1/s1. The number of epoxide rings is 1. The van der Waals surface area contributed by atoms with Gasteiger partial charge in [0, 0.05) is 12.8 Å². The number of hydrogen-bond acceptors (Lipinski definition) is 14. The van der Waals surface area contributed by atoms with Gasteiger partial charge in [0.05, 0.1) is 18.8 Å². The second kappa shape index (κ2) is 33.8. The minimum absolute atomic E-state index is 0.0290. The van der Waals surface area contributed by atoms with E-state index in [1.807, 2.05) is 0 Å². The fraction of sp³-hybridized carbons (Fsp3) is 0.867. The summed E-state index contributed by atoms with van der Waals surface area (Å²) < 4.78 is 55.2. The summed E-state index contributed by atoms with van der Waals surface area (Å²) in [5, 5.41) is 41.2. The lowest BCUT2D eigenvalue weighted by atomic mass is 9.85. The lowest BCUT2D eigenvalue weighted by Gasteiger charge is -2.43. The number of esters is 2. The second-order valence-corrected chi connectivity index (χ2v) is 19.8. The van der Waals surface area contributed by atoms with E-state index in [-0.39, 0.29) is 12.8 Å².